The lowest BCUT2D eigenvalue weighted by atomic mass is 10.1. The summed E-state index contributed by atoms with van der Waals surface area (Å²) in [5, 5.41) is 8.69. The largest absolute Gasteiger partial charge is 0.336 e. The molecule has 0 aliphatic carbocycles. The molecule has 6 nitrogen and oxygen atoms in total. The van der Waals surface area contributed by atoms with E-state index < -0.39 is 5.54 Å². The summed E-state index contributed by atoms with van der Waals surface area (Å²) in [7, 11) is 0. The van der Waals surface area contributed by atoms with Crippen LogP contribution in [0.1, 0.15) is 51.7 Å². The van der Waals surface area contributed by atoms with Gasteiger partial charge < -0.3 is 15.5 Å². The first-order valence-corrected chi connectivity index (χ1v) is 8.69. The Balaban J connectivity index is 1.94. The van der Waals surface area contributed by atoms with Gasteiger partial charge in [-0.25, -0.2) is 9.78 Å². The van der Waals surface area contributed by atoms with Crippen molar-refractivity contribution in [1.82, 2.24) is 20.5 Å². The van der Waals surface area contributed by atoms with Crippen molar-refractivity contribution in [2.24, 2.45) is 0 Å². The second-order valence-corrected chi connectivity index (χ2v) is 8.45. The topological polar surface area (TPSA) is 74.3 Å². The molecular weight excluding hydrogens is 312 g/mol. The van der Waals surface area contributed by atoms with Crippen LogP contribution in [-0.2, 0) is 10.3 Å². The van der Waals surface area contributed by atoms with Crippen molar-refractivity contribution in [2.45, 2.75) is 65.1 Å². The number of aromatic nitrogens is 1. The molecule has 1 aliphatic rings. The zero-order chi connectivity index (χ0) is 17.4. The van der Waals surface area contributed by atoms with E-state index in [0.717, 1.165) is 10.7 Å². The van der Waals surface area contributed by atoms with Crippen LogP contribution in [0.15, 0.2) is 5.38 Å². The standard InChI is InChI=1S/C16H26N4O2S/c1-10-9-23-13(17-10)16(5,6)19-14(22)18-11-7-12(21)20(8-11)15(2,3)4/h9,11H,7-8H2,1-6H3,(H2,18,19,22). The fourth-order valence-electron chi connectivity index (χ4n) is 2.65. The minimum atomic E-state index is -0.546. The van der Waals surface area contributed by atoms with Crippen LogP contribution < -0.4 is 10.6 Å². The highest BCUT2D eigenvalue weighted by Crippen LogP contribution is 2.24. The van der Waals surface area contributed by atoms with Gasteiger partial charge in [0, 0.05) is 29.6 Å². The van der Waals surface area contributed by atoms with Crippen molar-refractivity contribution >= 4 is 23.3 Å². The third-order valence-electron chi connectivity index (χ3n) is 3.85. The first kappa shape index (κ1) is 17.7. The number of thiazole rings is 1. The monoisotopic (exact) mass is 338 g/mol. The highest BCUT2D eigenvalue weighted by Gasteiger charge is 2.37. The average Bonchev–Trinajstić information content (AvgIpc) is 2.94. The van der Waals surface area contributed by atoms with Crippen molar-refractivity contribution in [2.75, 3.05) is 6.54 Å². The highest BCUT2D eigenvalue weighted by molar-refractivity contribution is 7.09. The molecule has 1 aromatic rings. The van der Waals surface area contributed by atoms with Crippen LogP contribution in [0.2, 0.25) is 0 Å². The van der Waals surface area contributed by atoms with Crippen molar-refractivity contribution in [3.05, 3.63) is 16.1 Å². The molecule has 2 rings (SSSR count). The maximum atomic E-state index is 12.3. The first-order chi connectivity index (χ1) is 10.5. The smallest absolute Gasteiger partial charge is 0.315 e. The number of amides is 3. The second-order valence-electron chi connectivity index (χ2n) is 7.59. The lowest BCUT2D eigenvalue weighted by molar-refractivity contribution is -0.131. The minimum Gasteiger partial charge on any atom is -0.336 e. The number of hydrogen-bond donors (Lipinski definition) is 2. The first-order valence-electron chi connectivity index (χ1n) is 7.81. The molecule has 1 fully saturated rings. The normalized spacial score (nSPS) is 19.1. The number of carbonyl (C=O) groups excluding carboxylic acids is 2. The van der Waals surface area contributed by atoms with Gasteiger partial charge in [0.25, 0.3) is 0 Å². The number of nitrogens with one attached hydrogen (secondary N) is 2. The van der Waals surface area contributed by atoms with E-state index in [-0.39, 0.29) is 23.5 Å². The van der Waals surface area contributed by atoms with Crippen LogP contribution in [0.4, 0.5) is 4.79 Å². The molecule has 3 amide bonds. The average molecular weight is 338 g/mol. The van der Waals surface area contributed by atoms with E-state index in [1.54, 1.807) is 0 Å². The summed E-state index contributed by atoms with van der Waals surface area (Å²) in [5.41, 5.74) is 0.180. The third-order valence-corrected chi connectivity index (χ3v) is 5.13. The van der Waals surface area contributed by atoms with Crippen LogP contribution in [0, 0.1) is 6.92 Å². The Labute approximate surface area is 141 Å². The molecule has 0 radical (unpaired) electrons. The fraction of sp³-hybridized carbons (Fsp3) is 0.688. The molecule has 0 bridgehead atoms. The lowest BCUT2D eigenvalue weighted by Crippen LogP contribution is -2.50. The van der Waals surface area contributed by atoms with Gasteiger partial charge in [-0.3, -0.25) is 4.79 Å². The summed E-state index contributed by atoms with van der Waals surface area (Å²) in [6.45, 7) is 12.3. The summed E-state index contributed by atoms with van der Waals surface area (Å²) in [6.07, 6.45) is 0.349. The van der Waals surface area contributed by atoms with E-state index in [9.17, 15) is 9.59 Å². The van der Waals surface area contributed by atoms with E-state index in [0.29, 0.717) is 13.0 Å². The van der Waals surface area contributed by atoms with E-state index in [2.05, 4.69) is 15.6 Å². The van der Waals surface area contributed by atoms with E-state index in [1.165, 1.54) is 11.3 Å². The zero-order valence-electron chi connectivity index (χ0n) is 14.7. The number of carbonyl (C=O) groups is 2. The maximum absolute atomic E-state index is 12.3. The number of aryl methyl sites for hydroxylation is 1. The molecule has 1 atom stereocenters. The molecule has 1 unspecified atom stereocenters. The summed E-state index contributed by atoms with van der Waals surface area (Å²) in [5.74, 6) is 0.0811. The third kappa shape index (κ3) is 4.22. The molecule has 2 heterocycles. The predicted molar refractivity (Wildman–Crippen MR) is 91.4 cm³/mol. The van der Waals surface area contributed by atoms with Crippen LogP contribution in [0.3, 0.4) is 0 Å². The molecule has 1 aliphatic heterocycles. The Hall–Kier alpha value is -1.63. The molecule has 0 spiro atoms. The van der Waals surface area contributed by atoms with E-state index >= 15 is 0 Å². The van der Waals surface area contributed by atoms with Crippen molar-refractivity contribution in [3.8, 4) is 0 Å². The Bertz CT molecular complexity index is 603. The van der Waals surface area contributed by atoms with Crippen LogP contribution in [-0.4, -0.2) is 39.9 Å². The SMILES string of the molecule is Cc1csc(C(C)(C)NC(=O)NC2CC(=O)N(C(C)(C)C)C2)n1. The molecule has 1 aromatic heterocycles. The van der Waals surface area contributed by atoms with Crippen molar-refractivity contribution in [1.29, 1.82) is 0 Å². The predicted octanol–water partition coefficient (Wildman–Crippen LogP) is 2.39. The van der Waals surface area contributed by atoms with Crippen LogP contribution in [0.5, 0.6) is 0 Å². The zero-order valence-corrected chi connectivity index (χ0v) is 15.5. The fourth-order valence-corrected chi connectivity index (χ4v) is 3.53. The van der Waals surface area contributed by atoms with Crippen LogP contribution >= 0.6 is 11.3 Å². The van der Waals surface area contributed by atoms with Gasteiger partial charge in [0.15, 0.2) is 0 Å². The summed E-state index contributed by atoms with van der Waals surface area (Å²) in [6, 6.07) is -0.424. The second kappa shape index (κ2) is 6.11. The highest BCUT2D eigenvalue weighted by atomic mass is 32.1. The van der Waals surface area contributed by atoms with Gasteiger partial charge in [-0.15, -0.1) is 11.3 Å². The van der Waals surface area contributed by atoms with Gasteiger partial charge in [-0.05, 0) is 41.5 Å². The van der Waals surface area contributed by atoms with E-state index in [1.807, 2.05) is 51.8 Å². The molecule has 0 aromatic carbocycles. The quantitative estimate of drug-likeness (QED) is 0.888. The Morgan fingerprint density at radius 1 is 1.35 bits per heavy atom. The Morgan fingerprint density at radius 2 is 2.00 bits per heavy atom. The number of rotatable bonds is 3. The van der Waals surface area contributed by atoms with Crippen molar-refractivity contribution in [3.63, 3.8) is 0 Å². The molecule has 2 N–H and O–H groups in total. The van der Waals surface area contributed by atoms with Crippen LogP contribution in [0.25, 0.3) is 0 Å². The lowest BCUT2D eigenvalue weighted by Gasteiger charge is -2.32. The van der Waals surface area contributed by atoms with Gasteiger partial charge in [0.05, 0.1) is 11.6 Å². The number of nitrogens with zero attached hydrogens (tertiary/aromatic N) is 2. The van der Waals surface area contributed by atoms with Gasteiger partial charge >= 0.3 is 6.03 Å². The molecule has 1 saturated heterocycles. The molecule has 7 heteroatoms. The summed E-state index contributed by atoms with van der Waals surface area (Å²) < 4.78 is 0. The molecular formula is C16H26N4O2S. The maximum Gasteiger partial charge on any atom is 0.315 e. The van der Waals surface area contributed by atoms with Gasteiger partial charge in [-0.1, -0.05) is 0 Å². The number of urea groups is 1. The summed E-state index contributed by atoms with van der Waals surface area (Å²) >= 11 is 1.53. The van der Waals surface area contributed by atoms with E-state index in [4.69, 9.17) is 0 Å². The summed E-state index contributed by atoms with van der Waals surface area (Å²) in [4.78, 5) is 30.6. The van der Waals surface area contributed by atoms with Gasteiger partial charge in [0.1, 0.15) is 5.01 Å². The molecule has 23 heavy (non-hydrogen) atoms. The molecule has 0 saturated carbocycles. The Kier molecular flexibility index (Phi) is 4.71. The van der Waals surface area contributed by atoms with Crippen molar-refractivity contribution < 1.29 is 9.59 Å². The Morgan fingerprint density at radius 3 is 2.48 bits per heavy atom. The van der Waals surface area contributed by atoms with Gasteiger partial charge in [-0.2, -0.15) is 0 Å². The molecule has 128 valence electrons. The number of hydrogen-bond acceptors (Lipinski definition) is 4. The number of likely N-dealkylation sites (tertiary alicyclic amines) is 1. The van der Waals surface area contributed by atoms with Gasteiger partial charge in [0.2, 0.25) is 5.91 Å². The minimum absolute atomic E-state index is 0.0811.